The fourth-order valence-corrected chi connectivity index (χ4v) is 3.40. The number of halogens is 1. The van der Waals surface area contributed by atoms with E-state index in [-0.39, 0.29) is 11.8 Å². The Morgan fingerprint density at radius 3 is 3.04 bits per heavy atom. The molecule has 1 saturated heterocycles. The number of carbonyl (C=O) groups excluding carboxylic acids is 1. The van der Waals surface area contributed by atoms with Crippen LogP contribution in [0.5, 0.6) is 0 Å². The van der Waals surface area contributed by atoms with Gasteiger partial charge < -0.3 is 14.8 Å². The number of hydrogen-bond acceptors (Lipinski definition) is 3. The largest absolute Gasteiger partial charge is 0.334 e. The van der Waals surface area contributed by atoms with Gasteiger partial charge in [0.05, 0.1) is 12.0 Å². The molecule has 23 heavy (non-hydrogen) atoms. The van der Waals surface area contributed by atoms with Crippen molar-refractivity contribution in [3.8, 4) is 5.69 Å². The Morgan fingerprint density at radius 1 is 1.35 bits per heavy atom. The Labute approximate surface area is 138 Å². The van der Waals surface area contributed by atoms with Crippen molar-refractivity contribution in [1.82, 2.24) is 19.8 Å². The smallest absolute Gasteiger partial charge is 0.317 e. The molecule has 3 rings (SSSR count). The summed E-state index contributed by atoms with van der Waals surface area (Å²) in [6.07, 6.45) is 5.87. The minimum absolute atomic E-state index is 0.0772. The molecule has 2 amide bonds. The minimum atomic E-state index is -0.332. The van der Waals surface area contributed by atoms with Crippen LogP contribution in [0.4, 0.5) is 9.18 Å². The van der Waals surface area contributed by atoms with E-state index >= 15 is 0 Å². The maximum Gasteiger partial charge on any atom is 0.317 e. The Balaban J connectivity index is 1.60. The van der Waals surface area contributed by atoms with E-state index in [1.54, 1.807) is 29.4 Å². The maximum atomic E-state index is 14.2. The van der Waals surface area contributed by atoms with Gasteiger partial charge in [0.25, 0.3) is 0 Å². The van der Waals surface area contributed by atoms with Crippen LogP contribution in [0.2, 0.25) is 0 Å². The molecule has 0 aliphatic carbocycles. The number of carbonyl (C=O) groups is 1. The lowest BCUT2D eigenvalue weighted by atomic mass is 10.2. The molecule has 0 bridgehead atoms. The van der Waals surface area contributed by atoms with Crippen LogP contribution in [0.1, 0.15) is 12.0 Å². The zero-order valence-electron chi connectivity index (χ0n) is 12.7. The molecule has 0 unspecified atom stereocenters. The zero-order valence-corrected chi connectivity index (χ0v) is 13.6. The molecule has 1 aliphatic rings. The summed E-state index contributed by atoms with van der Waals surface area (Å²) in [6.45, 7) is 1.88. The first-order chi connectivity index (χ1) is 11.2. The van der Waals surface area contributed by atoms with Crippen molar-refractivity contribution in [2.45, 2.75) is 13.0 Å². The molecule has 0 saturated carbocycles. The van der Waals surface area contributed by atoms with Crippen LogP contribution in [0, 0.1) is 5.82 Å². The molecule has 1 aromatic carbocycles. The SMILES string of the molecule is O=C(NCc1ccc(-n2ccnc2)c(F)c1)N1CCCSCC1. The molecule has 1 aromatic heterocycles. The zero-order chi connectivity index (χ0) is 16.1. The van der Waals surface area contributed by atoms with Gasteiger partial charge in [0.2, 0.25) is 0 Å². The second-order valence-corrected chi connectivity index (χ2v) is 6.59. The highest BCUT2D eigenvalue weighted by atomic mass is 32.2. The van der Waals surface area contributed by atoms with Gasteiger partial charge >= 0.3 is 6.03 Å². The Bertz CT molecular complexity index is 654. The van der Waals surface area contributed by atoms with Crippen LogP contribution in [-0.4, -0.2) is 45.1 Å². The van der Waals surface area contributed by atoms with Gasteiger partial charge in [-0.1, -0.05) is 6.07 Å². The summed E-state index contributed by atoms with van der Waals surface area (Å²) in [4.78, 5) is 17.9. The Hall–Kier alpha value is -2.02. The number of nitrogens with zero attached hydrogens (tertiary/aromatic N) is 3. The molecule has 2 aromatic rings. The number of imidazole rings is 1. The predicted molar refractivity (Wildman–Crippen MR) is 89.3 cm³/mol. The van der Waals surface area contributed by atoms with Gasteiger partial charge in [0.1, 0.15) is 5.82 Å². The van der Waals surface area contributed by atoms with Crippen molar-refractivity contribution in [3.05, 3.63) is 48.3 Å². The summed E-state index contributed by atoms with van der Waals surface area (Å²) in [7, 11) is 0. The Kier molecular flexibility index (Phi) is 5.17. The summed E-state index contributed by atoms with van der Waals surface area (Å²) in [5.74, 6) is 1.74. The average Bonchev–Trinajstić information content (AvgIpc) is 2.94. The second-order valence-electron chi connectivity index (χ2n) is 5.37. The molecule has 0 radical (unpaired) electrons. The first-order valence-electron chi connectivity index (χ1n) is 7.61. The van der Waals surface area contributed by atoms with Crippen LogP contribution in [0.15, 0.2) is 36.9 Å². The summed E-state index contributed by atoms with van der Waals surface area (Å²) in [5.41, 5.74) is 1.19. The van der Waals surface area contributed by atoms with Crippen LogP contribution in [0.25, 0.3) is 5.69 Å². The first kappa shape index (κ1) is 15.9. The predicted octanol–water partition coefficient (Wildman–Crippen LogP) is 2.66. The number of hydrogen-bond donors (Lipinski definition) is 1. The number of thioether (sulfide) groups is 1. The monoisotopic (exact) mass is 334 g/mol. The lowest BCUT2D eigenvalue weighted by Crippen LogP contribution is -2.40. The number of urea groups is 1. The highest BCUT2D eigenvalue weighted by Crippen LogP contribution is 2.15. The first-order valence-corrected chi connectivity index (χ1v) is 8.77. The normalized spacial score (nSPS) is 15.3. The third-order valence-electron chi connectivity index (χ3n) is 3.75. The van der Waals surface area contributed by atoms with E-state index in [0.717, 1.165) is 36.6 Å². The number of rotatable bonds is 3. The number of amides is 2. The van der Waals surface area contributed by atoms with Crippen molar-refractivity contribution in [2.75, 3.05) is 24.6 Å². The molecular formula is C16H19FN4OS. The van der Waals surface area contributed by atoms with Crippen molar-refractivity contribution in [1.29, 1.82) is 0 Å². The van der Waals surface area contributed by atoms with Gasteiger partial charge in [-0.25, -0.2) is 14.2 Å². The second kappa shape index (κ2) is 7.50. The molecular weight excluding hydrogens is 315 g/mol. The van der Waals surface area contributed by atoms with Gasteiger partial charge in [-0.15, -0.1) is 0 Å². The average molecular weight is 334 g/mol. The lowest BCUT2D eigenvalue weighted by molar-refractivity contribution is 0.201. The third kappa shape index (κ3) is 4.04. The van der Waals surface area contributed by atoms with Crippen LogP contribution in [0.3, 0.4) is 0 Å². The number of nitrogens with one attached hydrogen (secondary N) is 1. The topological polar surface area (TPSA) is 50.2 Å². The van der Waals surface area contributed by atoms with E-state index < -0.39 is 0 Å². The van der Waals surface area contributed by atoms with E-state index in [4.69, 9.17) is 0 Å². The van der Waals surface area contributed by atoms with Crippen molar-refractivity contribution >= 4 is 17.8 Å². The third-order valence-corrected chi connectivity index (χ3v) is 4.80. The van der Waals surface area contributed by atoms with Crippen LogP contribution in [-0.2, 0) is 6.54 Å². The van der Waals surface area contributed by atoms with E-state index in [1.807, 2.05) is 22.7 Å². The van der Waals surface area contributed by atoms with Gasteiger partial charge in [-0.2, -0.15) is 11.8 Å². The van der Waals surface area contributed by atoms with Gasteiger partial charge in [0, 0.05) is 37.8 Å². The van der Waals surface area contributed by atoms with Crippen molar-refractivity contribution in [2.24, 2.45) is 0 Å². The van der Waals surface area contributed by atoms with Gasteiger partial charge in [-0.05, 0) is 29.9 Å². The summed E-state index contributed by atoms with van der Waals surface area (Å²) >= 11 is 1.87. The van der Waals surface area contributed by atoms with E-state index in [1.165, 1.54) is 6.07 Å². The lowest BCUT2D eigenvalue weighted by Gasteiger charge is -2.20. The quantitative estimate of drug-likeness (QED) is 0.939. The highest BCUT2D eigenvalue weighted by Gasteiger charge is 2.15. The summed E-state index contributed by atoms with van der Waals surface area (Å²) in [5, 5.41) is 2.87. The van der Waals surface area contributed by atoms with E-state index in [2.05, 4.69) is 10.3 Å². The molecule has 5 nitrogen and oxygen atoms in total. The summed E-state index contributed by atoms with van der Waals surface area (Å²) in [6, 6.07) is 4.89. The molecule has 2 heterocycles. The highest BCUT2D eigenvalue weighted by molar-refractivity contribution is 7.99. The number of benzene rings is 1. The molecule has 0 atom stereocenters. The summed E-state index contributed by atoms with van der Waals surface area (Å²) < 4.78 is 15.8. The molecule has 1 fully saturated rings. The minimum Gasteiger partial charge on any atom is -0.334 e. The van der Waals surface area contributed by atoms with Crippen molar-refractivity contribution in [3.63, 3.8) is 0 Å². The van der Waals surface area contributed by atoms with E-state index in [9.17, 15) is 9.18 Å². The Morgan fingerprint density at radius 2 is 2.26 bits per heavy atom. The van der Waals surface area contributed by atoms with Crippen molar-refractivity contribution < 1.29 is 9.18 Å². The van der Waals surface area contributed by atoms with Crippen LogP contribution >= 0.6 is 11.8 Å². The fraction of sp³-hybridized carbons (Fsp3) is 0.375. The van der Waals surface area contributed by atoms with E-state index in [0.29, 0.717) is 12.2 Å². The number of aromatic nitrogens is 2. The molecule has 0 spiro atoms. The fourth-order valence-electron chi connectivity index (χ4n) is 2.51. The molecule has 1 N–H and O–H groups in total. The van der Waals surface area contributed by atoms with Gasteiger partial charge in [-0.3, -0.25) is 0 Å². The van der Waals surface area contributed by atoms with Crippen LogP contribution < -0.4 is 5.32 Å². The molecule has 122 valence electrons. The standard InChI is InChI=1S/C16H19FN4OS/c17-14-10-13(2-3-15(14)21-6-4-18-12-21)11-19-16(22)20-5-1-8-23-9-7-20/h2-4,6,10,12H,1,5,7-9,11H2,(H,19,22). The molecule has 1 aliphatic heterocycles. The maximum absolute atomic E-state index is 14.2. The van der Waals surface area contributed by atoms with Gasteiger partial charge in [0.15, 0.2) is 0 Å². The molecule has 7 heteroatoms.